The van der Waals surface area contributed by atoms with Crippen molar-refractivity contribution >= 4 is 8.80 Å². The van der Waals surface area contributed by atoms with E-state index in [1.54, 1.807) is 0 Å². The number of hydrogen-bond donors (Lipinski definition) is 0. The number of fused-ring (bicyclic) bond motifs is 1. The lowest BCUT2D eigenvalue weighted by molar-refractivity contribution is 0.0582. The predicted octanol–water partition coefficient (Wildman–Crippen LogP) is 4.55. The SMILES string of the molecule is CCCO[Si](CCCC1CCC2OC2C1)(OCCC)OCCC. The van der Waals surface area contributed by atoms with E-state index < -0.39 is 8.80 Å². The zero-order valence-electron chi connectivity index (χ0n) is 15.4. The summed E-state index contributed by atoms with van der Waals surface area (Å²) in [6, 6.07) is 0.971. The lowest BCUT2D eigenvalue weighted by Crippen LogP contribution is -2.46. The van der Waals surface area contributed by atoms with Gasteiger partial charge in [0.2, 0.25) is 0 Å². The molecular weight excluding hydrogens is 308 g/mol. The Labute approximate surface area is 143 Å². The average molecular weight is 345 g/mol. The maximum atomic E-state index is 6.17. The number of epoxide rings is 1. The molecule has 0 N–H and O–H groups in total. The molecule has 1 heterocycles. The van der Waals surface area contributed by atoms with Gasteiger partial charge in [-0.3, -0.25) is 0 Å². The normalized spacial score (nSPS) is 27.0. The first-order valence-electron chi connectivity index (χ1n) is 9.80. The van der Waals surface area contributed by atoms with E-state index in [0.717, 1.165) is 57.5 Å². The molecule has 1 saturated heterocycles. The minimum absolute atomic E-state index is 0.583. The molecule has 1 aliphatic carbocycles. The monoisotopic (exact) mass is 344 g/mol. The molecular formula is C18H36O4Si. The maximum absolute atomic E-state index is 6.17. The summed E-state index contributed by atoms with van der Waals surface area (Å²) in [6.45, 7) is 8.69. The minimum atomic E-state index is -2.48. The van der Waals surface area contributed by atoms with Crippen LogP contribution in [0.4, 0.5) is 0 Å². The highest BCUT2D eigenvalue weighted by molar-refractivity contribution is 6.60. The van der Waals surface area contributed by atoms with E-state index in [9.17, 15) is 0 Å². The Hall–Kier alpha value is 0.0569. The van der Waals surface area contributed by atoms with E-state index in [2.05, 4.69) is 20.8 Å². The molecule has 0 radical (unpaired) electrons. The minimum Gasteiger partial charge on any atom is -0.373 e. The van der Waals surface area contributed by atoms with Crippen LogP contribution in [0.25, 0.3) is 0 Å². The van der Waals surface area contributed by atoms with Crippen LogP contribution in [-0.4, -0.2) is 40.8 Å². The molecule has 3 unspecified atom stereocenters. The Morgan fingerprint density at radius 3 is 2.00 bits per heavy atom. The molecule has 2 rings (SSSR count). The molecule has 4 nitrogen and oxygen atoms in total. The van der Waals surface area contributed by atoms with Crippen LogP contribution in [0.15, 0.2) is 0 Å². The second-order valence-corrected chi connectivity index (χ2v) is 9.74. The highest BCUT2D eigenvalue weighted by Gasteiger charge is 2.44. The Morgan fingerprint density at radius 2 is 1.48 bits per heavy atom. The van der Waals surface area contributed by atoms with Gasteiger partial charge in [0, 0.05) is 25.9 Å². The quantitative estimate of drug-likeness (QED) is 0.363. The summed E-state index contributed by atoms with van der Waals surface area (Å²) in [5.41, 5.74) is 0. The van der Waals surface area contributed by atoms with Gasteiger partial charge in [-0.15, -0.1) is 0 Å². The lowest BCUT2D eigenvalue weighted by Gasteiger charge is -2.30. The van der Waals surface area contributed by atoms with E-state index in [4.69, 9.17) is 18.0 Å². The third kappa shape index (κ3) is 6.46. The smallest absolute Gasteiger partial charge is 0.373 e. The molecule has 0 aromatic carbocycles. The van der Waals surface area contributed by atoms with E-state index in [1.165, 1.54) is 25.7 Å². The first-order chi connectivity index (χ1) is 11.2. The Balaban J connectivity index is 1.79. The van der Waals surface area contributed by atoms with E-state index in [1.807, 2.05) is 0 Å². The Morgan fingerprint density at radius 1 is 0.870 bits per heavy atom. The molecule has 136 valence electrons. The summed E-state index contributed by atoms with van der Waals surface area (Å²) in [5, 5.41) is 0. The van der Waals surface area contributed by atoms with Gasteiger partial charge in [0.1, 0.15) is 0 Å². The molecule has 5 heteroatoms. The molecule has 0 bridgehead atoms. The van der Waals surface area contributed by atoms with Crippen molar-refractivity contribution in [3.05, 3.63) is 0 Å². The van der Waals surface area contributed by atoms with Crippen molar-refractivity contribution in [2.24, 2.45) is 5.92 Å². The number of hydrogen-bond acceptors (Lipinski definition) is 4. The summed E-state index contributed by atoms with van der Waals surface area (Å²) >= 11 is 0. The summed E-state index contributed by atoms with van der Waals surface area (Å²) in [5.74, 6) is 0.828. The van der Waals surface area contributed by atoms with Crippen molar-refractivity contribution in [3.8, 4) is 0 Å². The average Bonchev–Trinajstić information content (AvgIpc) is 3.34. The third-order valence-corrected chi connectivity index (χ3v) is 7.68. The molecule has 2 aliphatic rings. The molecule has 2 fully saturated rings. The second-order valence-electron chi connectivity index (χ2n) is 7.01. The molecule has 0 spiro atoms. The van der Waals surface area contributed by atoms with Gasteiger partial charge in [0.25, 0.3) is 0 Å². The predicted molar refractivity (Wildman–Crippen MR) is 94.5 cm³/mol. The molecule has 0 aromatic heterocycles. The van der Waals surface area contributed by atoms with Crippen molar-refractivity contribution in [1.82, 2.24) is 0 Å². The molecule has 1 saturated carbocycles. The topological polar surface area (TPSA) is 40.2 Å². The summed E-state index contributed by atoms with van der Waals surface area (Å²) in [4.78, 5) is 0. The van der Waals surface area contributed by atoms with Gasteiger partial charge < -0.3 is 18.0 Å². The zero-order chi connectivity index (χ0) is 16.5. The van der Waals surface area contributed by atoms with Crippen LogP contribution >= 0.6 is 0 Å². The Kier molecular flexibility index (Phi) is 8.54. The number of rotatable bonds is 13. The number of ether oxygens (including phenoxy) is 1. The third-order valence-electron chi connectivity index (χ3n) is 4.79. The van der Waals surface area contributed by atoms with Crippen LogP contribution in [0.2, 0.25) is 6.04 Å². The van der Waals surface area contributed by atoms with Crippen LogP contribution in [0.1, 0.15) is 72.1 Å². The fourth-order valence-electron chi connectivity index (χ4n) is 3.47. The van der Waals surface area contributed by atoms with Gasteiger partial charge in [-0.2, -0.15) is 0 Å². The molecule has 0 aromatic rings. The van der Waals surface area contributed by atoms with Gasteiger partial charge in [-0.25, -0.2) is 0 Å². The summed E-state index contributed by atoms with van der Waals surface area (Å²) in [6.07, 6.45) is 10.5. The fraction of sp³-hybridized carbons (Fsp3) is 1.00. The van der Waals surface area contributed by atoms with Gasteiger partial charge in [-0.05, 0) is 50.9 Å². The molecule has 1 aliphatic heterocycles. The molecule has 3 atom stereocenters. The maximum Gasteiger partial charge on any atom is 0.500 e. The van der Waals surface area contributed by atoms with Crippen LogP contribution in [-0.2, 0) is 18.0 Å². The van der Waals surface area contributed by atoms with Crippen molar-refractivity contribution < 1.29 is 18.0 Å². The van der Waals surface area contributed by atoms with Crippen molar-refractivity contribution in [3.63, 3.8) is 0 Å². The summed E-state index contributed by atoms with van der Waals surface area (Å²) < 4.78 is 24.2. The van der Waals surface area contributed by atoms with Gasteiger partial charge in [0.05, 0.1) is 12.2 Å². The van der Waals surface area contributed by atoms with Crippen molar-refractivity contribution in [2.75, 3.05) is 19.8 Å². The van der Waals surface area contributed by atoms with Gasteiger partial charge in [-0.1, -0.05) is 27.2 Å². The lowest BCUT2D eigenvalue weighted by atomic mass is 9.86. The second kappa shape index (κ2) is 10.1. The first kappa shape index (κ1) is 19.4. The largest absolute Gasteiger partial charge is 0.500 e. The van der Waals surface area contributed by atoms with E-state index in [-0.39, 0.29) is 0 Å². The van der Waals surface area contributed by atoms with Crippen LogP contribution in [0.3, 0.4) is 0 Å². The van der Waals surface area contributed by atoms with Crippen molar-refractivity contribution in [2.45, 2.75) is 90.4 Å². The standard InChI is InChI=1S/C18H36O4Si/c1-4-11-19-23(20-12-5-2,21-13-6-3)14-7-8-16-9-10-17-18(15-16)22-17/h16-18H,4-15H2,1-3H3. The van der Waals surface area contributed by atoms with Gasteiger partial charge in [0.15, 0.2) is 0 Å². The summed E-state index contributed by atoms with van der Waals surface area (Å²) in [7, 11) is -2.48. The van der Waals surface area contributed by atoms with E-state index >= 15 is 0 Å². The van der Waals surface area contributed by atoms with Gasteiger partial charge >= 0.3 is 8.80 Å². The molecule has 0 amide bonds. The van der Waals surface area contributed by atoms with Crippen LogP contribution in [0, 0.1) is 5.92 Å². The van der Waals surface area contributed by atoms with Crippen molar-refractivity contribution in [1.29, 1.82) is 0 Å². The first-order valence-corrected chi connectivity index (χ1v) is 11.7. The van der Waals surface area contributed by atoms with Crippen LogP contribution in [0.5, 0.6) is 0 Å². The van der Waals surface area contributed by atoms with Crippen LogP contribution < -0.4 is 0 Å². The fourth-order valence-corrected chi connectivity index (χ4v) is 6.34. The van der Waals surface area contributed by atoms with E-state index in [0.29, 0.717) is 12.2 Å². The molecule has 23 heavy (non-hydrogen) atoms. The Bertz CT molecular complexity index is 304. The zero-order valence-corrected chi connectivity index (χ0v) is 16.4. The highest BCUT2D eigenvalue weighted by atomic mass is 28.4. The highest BCUT2D eigenvalue weighted by Crippen LogP contribution is 2.41.